The smallest absolute Gasteiger partial charge is 0.342 e. The van der Waals surface area contributed by atoms with Gasteiger partial charge in [-0.1, -0.05) is 18.2 Å². The van der Waals surface area contributed by atoms with Gasteiger partial charge in [0.05, 0.1) is 16.9 Å². The first-order chi connectivity index (χ1) is 13.0. The Kier molecular flexibility index (Phi) is 6.04. The number of carbonyl (C=O) groups excluding carboxylic acids is 2. The van der Waals surface area contributed by atoms with Gasteiger partial charge >= 0.3 is 11.8 Å². The van der Waals surface area contributed by atoms with Crippen molar-refractivity contribution in [1.82, 2.24) is 8.83 Å². The van der Waals surface area contributed by atoms with E-state index < -0.39 is 36.8 Å². The Morgan fingerprint density at radius 1 is 0.750 bits per heavy atom. The molecule has 0 fully saturated rings. The highest BCUT2D eigenvalue weighted by Crippen LogP contribution is 2.19. The van der Waals surface area contributed by atoms with E-state index in [0.29, 0.717) is 5.75 Å². The minimum atomic E-state index is -4.64. The number of nitrogens with two attached hydrogens (primary N) is 2. The van der Waals surface area contributed by atoms with Crippen LogP contribution in [0.5, 0.6) is 5.75 Å². The highest BCUT2D eigenvalue weighted by molar-refractivity contribution is 7.90. The summed E-state index contributed by atoms with van der Waals surface area (Å²) in [4.78, 5) is 23.5. The minimum Gasteiger partial charge on any atom is -0.497 e. The summed E-state index contributed by atoms with van der Waals surface area (Å²) < 4.78 is 53.5. The summed E-state index contributed by atoms with van der Waals surface area (Å²) in [5.41, 5.74) is 0. The highest BCUT2D eigenvalue weighted by Gasteiger charge is 2.38. The van der Waals surface area contributed by atoms with Crippen LogP contribution >= 0.6 is 0 Å². The number of methoxy groups -OCH3 is 1. The molecule has 0 aromatic heterocycles. The van der Waals surface area contributed by atoms with Crippen LogP contribution in [0.25, 0.3) is 0 Å². The summed E-state index contributed by atoms with van der Waals surface area (Å²) in [6.45, 7) is 0. The first-order valence-electron chi connectivity index (χ1n) is 7.41. The highest BCUT2D eigenvalue weighted by atomic mass is 32.2. The maximum absolute atomic E-state index is 12.4. The molecule has 0 saturated heterocycles. The van der Waals surface area contributed by atoms with E-state index in [1.54, 1.807) is 0 Å². The second-order valence-corrected chi connectivity index (χ2v) is 8.83. The lowest BCUT2D eigenvalue weighted by molar-refractivity contribution is -0.146. The Hall–Kier alpha value is -3.00. The van der Waals surface area contributed by atoms with Gasteiger partial charge in [0.25, 0.3) is 20.0 Å². The SMILES string of the molecule is COc1ccc(S(=O)(=O)N(N)C(=O)C(=O)N(N)S(=O)(=O)c2ccccc2)cc1. The molecule has 150 valence electrons. The normalized spacial score (nSPS) is 11.5. The van der Waals surface area contributed by atoms with Crippen molar-refractivity contribution < 1.29 is 31.2 Å². The van der Waals surface area contributed by atoms with Crippen molar-refractivity contribution in [2.75, 3.05) is 7.11 Å². The molecule has 13 heteroatoms. The number of benzene rings is 2. The molecular weight excluding hydrogens is 412 g/mol. The van der Waals surface area contributed by atoms with Crippen LogP contribution in [0, 0.1) is 0 Å². The molecule has 0 aliphatic heterocycles. The zero-order chi connectivity index (χ0) is 21.1. The van der Waals surface area contributed by atoms with E-state index >= 15 is 0 Å². The minimum absolute atomic E-state index is 0.340. The van der Waals surface area contributed by atoms with Gasteiger partial charge in [0.15, 0.2) is 0 Å². The summed E-state index contributed by atoms with van der Waals surface area (Å²) in [6.07, 6.45) is 0. The van der Waals surface area contributed by atoms with Gasteiger partial charge in [-0.3, -0.25) is 9.59 Å². The number of carbonyl (C=O) groups is 2. The standard InChI is InChI=1S/C15H16N4O7S2/c1-26-11-7-9-13(10-8-11)28(24,25)19(17)15(21)14(20)18(16)27(22,23)12-5-3-2-4-6-12/h2-10H,16-17H2,1H3. The largest absolute Gasteiger partial charge is 0.497 e. The van der Waals surface area contributed by atoms with Crippen LogP contribution in [0.4, 0.5) is 0 Å². The van der Waals surface area contributed by atoms with Crippen molar-refractivity contribution in [2.45, 2.75) is 9.79 Å². The zero-order valence-corrected chi connectivity index (χ0v) is 16.1. The molecule has 2 aromatic rings. The molecule has 0 radical (unpaired) electrons. The predicted molar refractivity (Wildman–Crippen MR) is 95.9 cm³/mol. The summed E-state index contributed by atoms with van der Waals surface area (Å²) in [7, 11) is -7.87. The van der Waals surface area contributed by atoms with Crippen LogP contribution in [0.1, 0.15) is 0 Å². The second-order valence-electron chi connectivity index (χ2n) is 5.20. The molecule has 0 atom stereocenters. The predicted octanol–water partition coefficient (Wildman–Crippen LogP) is -0.823. The monoisotopic (exact) mass is 428 g/mol. The Labute approximate surface area is 161 Å². The maximum Gasteiger partial charge on any atom is 0.342 e. The Morgan fingerprint density at radius 3 is 1.54 bits per heavy atom. The molecule has 2 rings (SSSR count). The Bertz CT molecular complexity index is 1080. The molecule has 0 heterocycles. The van der Waals surface area contributed by atoms with Crippen LogP contribution in [0.2, 0.25) is 0 Å². The van der Waals surface area contributed by atoms with Crippen LogP contribution in [0.3, 0.4) is 0 Å². The van der Waals surface area contributed by atoms with E-state index in [1.807, 2.05) is 0 Å². The van der Waals surface area contributed by atoms with Crippen molar-refractivity contribution in [1.29, 1.82) is 0 Å². The molecule has 0 bridgehead atoms. The summed E-state index contributed by atoms with van der Waals surface area (Å²) in [5.74, 6) is 7.17. The number of hydrogen-bond donors (Lipinski definition) is 2. The fraction of sp³-hybridized carbons (Fsp3) is 0.0667. The van der Waals surface area contributed by atoms with Crippen LogP contribution in [-0.4, -0.2) is 44.6 Å². The third-order valence-electron chi connectivity index (χ3n) is 3.50. The number of rotatable bonds is 5. The van der Waals surface area contributed by atoms with Gasteiger partial charge in [-0.25, -0.2) is 11.7 Å². The molecule has 2 aromatic carbocycles. The number of hydrogen-bond acceptors (Lipinski definition) is 9. The molecule has 0 aliphatic rings. The van der Waals surface area contributed by atoms with Crippen LogP contribution in [0.15, 0.2) is 64.4 Å². The first kappa shape index (κ1) is 21.3. The van der Waals surface area contributed by atoms with E-state index in [0.717, 1.165) is 24.3 Å². The van der Waals surface area contributed by atoms with Crippen molar-refractivity contribution in [3.05, 3.63) is 54.6 Å². The molecule has 11 nitrogen and oxygen atoms in total. The van der Waals surface area contributed by atoms with E-state index in [4.69, 9.17) is 16.4 Å². The maximum atomic E-state index is 12.4. The van der Waals surface area contributed by atoms with E-state index in [-0.39, 0.29) is 13.7 Å². The van der Waals surface area contributed by atoms with E-state index in [9.17, 15) is 26.4 Å². The number of hydrazine groups is 2. The Balaban J connectivity index is 2.29. The number of sulfonamides is 2. The van der Waals surface area contributed by atoms with E-state index in [2.05, 4.69) is 0 Å². The summed E-state index contributed by atoms with van der Waals surface area (Å²) >= 11 is 0. The van der Waals surface area contributed by atoms with Crippen molar-refractivity contribution in [3.63, 3.8) is 0 Å². The third kappa shape index (κ3) is 3.96. The van der Waals surface area contributed by atoms with Crippen molar-refractivity contribution in [2.24, 2.45) is 11.7 Å². The van der Waals surface area contributed by atoms with Gasteiger partial charge in [0, 0.05) is 0 Å². The number of nitrogens with zero attached hydrogens (tertiary/aromatic N) is 2. The lowest BCUT2D eigenvalue weighted by Gasteiger charge is -2.20. The fourth-order valence-electron chi connectivity index (χ4n) is 1.97. The molecule has 0 unspecified atom stereocenters. The van der Waals surface area contributed by atoms with Gasteiger partial charge in [-0.2, -0.15) is 25.7 Å². The zero-order valence-electron chi connectivity index (χ0n) is 14.4. The lowest BCUT2D eigenvalue weighted by Crippen LogP contribution is -2.54. The van der Waals surface area contributed by atoms with Gasteiger partial charge in [0.1, 0.15) is 5.75 Å². The average Bonchev–Trinajstić information content (AvgIpc) is 2.72. The Morgan fingerprint density at radius 2 is 1.14 bits per heavy atom. The first-order valence-corrected chi connectivity index (χ1v) is 10.3. The fourth-order valence-corrected chi connectivity index (χ4v) is 4.00. The van der Waals surface area contributed by atoms with Gasteiger partial charge in [-0.05, 0) is 36.4 Å². The van der Waals surface area contributed by atoms with Gasteiger partial charge in [0.2, 0.25) is 0 Å². The molecule has 2 amide bonds. The average molecular weight is 428 g/mol. The van der Waals surface area contributed by atoms with Crippen molar-refractivity contribution in [3.8, 4) is 5.75 Å². The third-order valence-corrected chi connectivity index (χ3v) is 6.60. The number of amides is 2. The second kappa shape index (κ2) is 7.93. The van der Waals surface area contributed by atoms with Crippen molar-refractivity contribution >= 4 is 31.9 Å². The molecule has 4 N–H and O–H groups in total. The molecule has 0 aliphatic carbocycles. The summed E-state index contributed by atoms with van der Waals surface area (Å²) in [5, 5.41) is 0. The topological polar surface area (TPSA) is 170 Å². The summed E-state index contributed by atoms with van der Waals surface area (Å²) in [6, 6.07) is 11.3. The molecule has 0 saturated carbocycles. The van der Waals surface area contributed by atoms with Gasteiger partial charge in [-0.15, -0.1) is 0 Å². The quantitative estimate of drug-likeness (QED) is 0.267. The van der Waals surface area contributed by atoms with Gasteiger partial charge < -0.3 is 4.74 Å². The van der Waals surface area contributed by atoms with Crippen LogP contribution in [-0.2, 0) is 29.6 Å². The lowest BCUT2D eigenvalue weighted by atomic mass is 10.3. The molecular formula is C15H16N4O7S2. The molecule has 28 heavy (non-hydrogen) atoms. The van der Waals surface area contributed by atoms with E-state index in [1.165, 1.54) is 37.4 Å². The number of ether oxygens (including phenoxy) is 1. The van der Waals surface area contributed by atoms with Crippen LogP contribution < -0.4 is 16.4 Å². The molecule has 0 spiro atoms.